The number of esters is 1. The Balaban J connectivity index is 1.77. The van der Waals surface area contributed by atoms with Crippen molar-refractivity contribution >= 4 is 17.5 Å². The molecule has 0 aromatic carbocycles. The summed E-state index contributed by atoms with van der Waals surface area (Å²) in [7, 11) is 0. The van der Waals surface area contributed by atoms with Crippen LogP contribution in [0.15, 0.2) is 23.8 Å². The summed E-state index contributed by atoms with van der Waals surface area (Å²) in [6.45, 7) is 7.02. The van der Waals surface area contributed by atoms with Crippen LogP contribution in [-0.2, 0) is 19.1 Å². The van der Waals surface area contributed by atoms with Gasteiger partial charge in [-0.2, -0.15) is 0 Å². The summed E-state index contributed by atoms with van der Waals surface area (Å²) in [6, 6.07) is 0. The molecule has 6 unspecified atom stereocenters. The number of fused-ring (bicyclic) bond motifs is 5. The molecule has 0 aromatic heterocycles. The third-order valence-corrected chi connectivity index (χ3v) is 8.50. The Bertz CT molecular complexity index is 810. The van der Waals surface area contributed by atoms with Gasteiger partial charge in [0.1, 0.15) is 0 Å². The second kappa shape index (κ2) is 6.12. The molecular formula is C23H30O5. The first kappa shape index (κ1) is 19.6. The number of ether oxygens (including phenoxy) is 1. The summed E-state index contributed by atoms with van der Waals surface area (Å²) in [5.74, 6) is -0.103. The minimum Gasteiger partial charge on any atom is -0.451 e. The first-order valence-electron chi connectivity index (χ1n) is 10.4. The molecule has 5 heteroatoms. The van der Waals surface area contributed by atoms with Crippen LogP contribution in [0, 0.1) is 28.6 Å². The van der Waals surface area contributed by atoms with Crippen LogP contribution in [0.4, 0.5) is 0 Å². The van der Waals surface area contributed by atoms with E-state index >= 15 is 0 Å². The van der Waals surface area contributed by atoms with Gasteiger partial charge in [-0.1, -0.05) is 25.5 Å². The normalized spacial score (nSPS) is 46.9. The predicted molar refractivity (Wildman–Crippen MR) is 103 cm³/mol. The topological polar surface area (TPSA) is 80.7 Å². The van der Waals surface area contributed by atoms with Crippen LogP contribution in [0.3, 0.4) is 0 Å². The number of hydrogen-bond donors (Lipinski definition) is 1. The molecule has 4 aliphatic carbocycles. The van der Waals surface area contributed by atoms with Gasteiger partial charge in [0.25, 0.3) is 0 Å². The van der Waals surface area contributed by atoms with Crippen LogP contribution in [0.1, 0.15) is 59.8 Å². The fourth-order valence-corrected chi connectivity index (χ4v) is 7.38. The maximum atomic E-state index is 12.7. The summed E-state index contributed by atoms with van der Waals surface area (Å²) < 4.78 is 5.74. The molecule has 0 aliphatic heterocycles. The third-order valence-electron chi connectivity index (χ3n) is 8.50. The Labute approximate surface area is 166 Å². The smallest absolute Gasteiger partial charge is 0.303 e. The highest BCUT2D eigenvalue weighted by Crippen LogP contribution is 2.67. The van der Waals surface area contributed by atoms with Gasteiger partial charge in [0.05, 0.1) is 6.10 Å². The first-order valence-corrected chi connectivity index (χ1v) is 10.4. The van der Waals surface area contributed by atoms with Crippen molar-refractivity contribution in [2.45, 2.75) is 71.5 Å². The van der Waals surface area contributed by atoms with E-state index in [1.54, 1.807) is 12.2 Å². The van der Waals surface area contributed by atoms with Gasteiger partial charge in [0, 0.05) is 23.7 Å². The molecule has 4 aliphatic rings. The number of rotatable bonds is 2. The van der Waals surface area contributed by atoms with Crippen LogP contribution in [0.2, 0.25) is 0 Å². The van der Waals surface area contributed by atoms with E-state index in [1.807, 2.05) is 13.0 Å². The lowest BCUT2D eigenvalue weighted by Crippen LogP contribution is -2.62. The summed E-state index contributed by atoms with van der Waals surface area (Å²) in [5.41, 5.74) is -0.943. The zero-order chi connectivity index (χ0) is 20.5. The third kappa shape index (κ3) is 2.38. The largest absolute Gasteiger partial charge is 0.451 e. The lowest BCUT2D eigenvalue weighted by molar-refractivity contribution is -0.196. The van der Waals surface area contributed by atoms with Crippen LogP contribution < -0.4 is 0 Å². The molecule has 1 N–H and O–H groups in total. The molecule has 152 valence electrons. The van der Waals surface area contributed by atoms with Crippen molar-refractivity contribution < 1.29 is 24.2 Å². The summed E-state index contributed by atoms with van der Waals surface area (Å²) >= 11 is 0. The number of aliphatic hydroxyl groups is 1. The van der Waals surface area contributed by atoms with Crippen molar-refractivity contribution in [1.82, 2.24) is 0 Å². The SMILES string of the molecule is CC(=O)O[C@]1(C(C)=O)CCC2C3CCC4=CC(=O)C=CC4(C)C3C(O)CC21C. The fourth-order valence-electron chi connectivity index (χ4n) is 7.38. The number of allylic oxidation sites excluding steroid dienone is 4. The van der Waals surface area contributed by atoms with E-state index in [9.17, 15) is 19.5 Å². The van der Waals surface area contributed by atoms with Crippen LogP contribution in [0.25, 0.3) is 0 Å². The predicted octanol–water partition coefficient (Wildman–Crippen LogP) is 3.16. The monoisotopic (exact) mass is 386 g/mol. The van der Waals surface area contributed by atoms with Crippen molar-refractivity contribution in [3.8, 4) is 0 Å². The van der Waals surface area contributed by atoms with Crippen LogP contribution in [-0.4, -0.2) is 34.3 Å². The standard InChI is InChI=1S/C23H30O5/c1-13(24)23(28-14(2)25)10-8-18-17-6-5-15-11-16(26)7-9-21(15,3)20(17)19(27)12-22(18,23)4/h7,9,11,17-20,27H,5-6,8,10,12H2,1-4H3/t17?,18?,19?,20?,21?,22?,23-/m0/s1. The van der Waals surface area contributed by atoms with E-state index in [1.165, 1.54) is 13.8 Å². The Morgan fingerprint density at radius 2 is 1.93 bits per heavy atom. The number of carbonyl (C=O) groups is 3. The van der Waals surface area contributed by atoms with Crippen molar-refractivity contribution in [2.24, 2.45) is 28.6 Å². The minimum absolute atomic E-state index is 0.00927. The highest BCUT2D eigenvalue weighted by molar-refractivity contribution is 6.01. The van der Waals surface area contributed by atoms with Gasteiger partial charge in [0.2, 0.25) is 0 Å². The zero-order valence-corrected chi connectivity index (χ0v) is 17.2. The first-order chi connectivity index (χ1) is 13.0. The van der Waals surface area contributed by atoms with Crippen molar-refractivity contribution in [1.29, 1.82) is 0 Å². The molecule has 4 rings (SSSR count). The van der Waals surface area contributed by atoms with Gasteiger partial charge < -0.3 is 9.84 Å². The number of aliphatic hydroxyl groups excluding tert-OH is 1. The fraction of sp³-hybridized carbons (Fsp3) is 0.696. The van der Waals surface area contributed by atoms with Crippen LogP contribution >= 0.6 is 0 Å². The number of hydrogen-bond acceptors (Lipinski definition) is 5. The molecule has 0 saturated heterocycles. The second-order valence-corrected chi connectivity index (χ2v) is 9.73. The Hall–Kier alpha value is -1.75. The zero-order valence-electron chi connectivity index (χ0n) is 17.2. The maximum absolute atomic E-state index is 12.7. The Kier molecular flexibility index (Phi) is 4.28. The molecule has 28 heavy (non-hydrogen) atoms. The molecule has 0 amide bonds. The summed E-state index contributed by atoms with van der Waals surface area (Å²) in [6.07, 6.45) is 8.20. The maximum Gasteiger partial charge on any atom is 0.303 e. The minimum atomic E-state index is -1.15. The molecule has 5 nitrogen and oxygen atoms in total. The number of Topliss-reactive ketones (excluding diaryl/α,β-unsaturated/α-hetero) is 1. The molecule has 0 bridgehead atoms. The molecule has 0 radical (unpaired) electrons. The quantitative estimate of drug-likeness (QED) is 0.738. The Morgan fingerprint density at radius 3 is 2.57 bits per heavy atom. The average Bonchev–Trinajstić information content (AvgIpc) is 2.88. The lowest BCUT2D eigenvalue weighted by atomic mass is 9.46. The average molecular weight is 386 g/mol. The van der Waals surface area contributed by atoms with E-state index in [0.29, 0.717) is 12.8 Å². The number of carbonyl (C=O) groups excluding carboxylic acids is 3. The second-order valence-electron chi connectivity index (χ2n) is 9.73. The van der Waals surface area contributed by atoms with Gasteiger partial charge in [-0.25, -0.2) is 0 Å². The van der Waals surface area contributed by atoms with Gasteiger partial charge in [-0.15, -0.1) is 0 Å². The Morgan fingerprint density at radius 1 is 1.21 bits per heavy atom. The lowest BCUT2D eigenvalue weighted by Gasteiger charge is -2.59. The highest BCUT2D eigenvalue weighted by Gasteiger charge is 2.69. The van der Waals surface area contributed by atoms with Gasteiger partial charge >= 0.3 is 5.97 Å². The molecular weight excluding hydrogens is 356 g/mol. The molecule has 3 fully saturated rings. The molecule has 0 spiro atoms. The van der Waals surface area contributed by atoms with Crippen molar-refractivity contribution in [2.75, 3.05) is 0 Å². The van der Waals surface area contributed by atoms with E-state index in [-0.39, 0.29) is 34.7 Å². The van der Waals surface area contributed by atoms with E-state index in [0.717, 1.165) is 24.8 Å². The number of ketones is 2. The van der Waals surface area contributed by atoms with E-state index in [2.05, 4.69) is 6.92 Å². The molecule has 7 atom stereocenters. The molecule has 3 saturated carbocycles. The molecule has 0 aromatic rings. The van der Waals surface area contributed by atoms with E-state index in [4.69, 9.17) is 4.74 Å². The van der Waals surface area contributed by atoms with Gasteiger partial charge in [-0.05, 0) is 63.0 Å². The van der Waals surface area contributed by atoms with Crippen molar-refractivity contribution in [3.63, 3.8) is 0 Å². The summed E-state index contributed by atoms with van der Waals surface area (Å²) in [4.78, 5) is 36.5. The summed E-state index contributed by atoms with van der Waals surface area (Å²) in [5, 5.41) is 11.3. The van der Waals surface area contributed by atoms with Gasteiger partial charge in [0.15, 0.2) is 17.2 Å². The van der Waals surface area contributed by atoms with Crippen LogP contribution in [0.5, 0.6) is 0 Å². The molecule has 0 heterocycles. The van der Waals surface area contributed by atoms with Crippen molar-refractivity contribution in [3.05, 3.63) is 23.8 Å². The highest BCUT2D eigenvalue weighted by atomic mass is 16.6. The van der Waals surface area contributed by atoms with Gasteiger partial charge in [-0.3, -0.25) is 14.4 Å². The van der Waals surface area contributed by atoms with E-state index < -0.39 is 23.1 Å².